The summed E-state index contributed by atoms with van der Waals surface area (Å²) in [7, 11) is 0. The molecule has 0 saturated heterocycles. The molecule has 2 heteroatoms. The van der Waals surface area contributed by atoms with Crippen LogP contribution in [0.3, 0.4) is 0 Å². The van der Waals surface area contributed by atoms with E-state index in [9.17, 15) is 0 Å². The summed E-state index contributed by atoms with van der Waals surface area (Å²) in [6.45, 7) is 16.0. The van der Waals surface area contributed by atoms with Crippen molar-refractivity contribution < 1.29 is 11.0 Å². The van der Waals surface area contributed by atoms with Gasteiger partial charge in [-0.3, -0.25) is 0 Å². The Labute approximate surface area is 67.3 Å². The summed E-state index contributed by atoms with van der Waals surface area (Å²) in [6.07, 6.45) is 0. The van der Waals surface area contributed by atoms with Gasteiger partial charge in [0.05, 0.1) is 0 Å². The molecule has 0 atom stereocenters. The zero-order valence-electron chi connectivity index (χ0n) is 9.00. The molecule has 0 rings (SSSR count). The smallest absolute Gasteiger partial charge is 0.0683 e. The largest absolute Gasteiger partial charge is 0.412 e. The van der Waals surface area contributed by atoms with Crippen LogP contribution >= 0.6 is 0 Å². The number of rotatable bonds is 0. The van der Waals surface area contributed by atoms with E-state index < -0.39 is 0 Å². The van der Waals surface area contributed by atoms with Gasteiger partial charge in [-0.25, -0.2) is 0 Å². The summed E-state index contributed by atoms with van der Waals surface area (Å²) in [6, 6.07) is 0. The first-order valence-corrected chi connectivity index (χ1v) is 4.00. The molecule has 0 fully saturated rings. The fourth-order valence-electron chi connectivity index (χ4n) is 0. The van der Waals surface area contributed by atoms with Gasteiger partial charge in [0.25, 0.3) is 0 Å². The van der Waals surface area contributed by atoms with Crippen LogP contribution in [0.4, 0.5) is 0 Å². The molecule has 0 aliphatic rings. The average Bonchev–Trinajstić information content (AvgIpc) is 2.03. The number of hydrogen-bond donors (Lipinski definition) is 0. The SMILES string of the molecule is CC.CC.CC.CC.O.O. The van der Waals surface area contributed by atoms with Gasteiger partial charge < -0.3 is 11.0 Å². The first-order valence-electron chi connectivity index (χ1n) is 4.00. The highest BCUT2D eigenvalue weighted by Gasteiger charge is 0.938. The third kappa shape index (κ3) is 59300. The molecule has 0 aromatic carbocycles. The molecule has 0 aromatic rings. The van der Waals surface area contributed by atoms with Crippen LogP contribution in [-0.4, -0.2) is 11.0 Å². The van der Waals surface area contributed by atoms with Crippen molar-refractivity contribution in [3.63, 3.8) is 0 Å². The van der Waals surface area contributed by atoms with Crippen molar-refractivity contribution in [1.82, 2.24) is 0 Å². The fourth-order valence-corrected chi connectivity index (χ4v) is 0. The lowest BCUT2D eigenvalue weighted by atomic mass is 11.0. The predicted octanol–water partition coefficient (Wildman–Crippen LogP) is 2.46. The molecule has 72 valence electrons. The topological polar surface area (TPSA) is 63.0 Å². The molecule has 2 nitrogen and oxygen atoms in total. The molecule has 10 heavy (non-hydrogen) atoms. The molecular weight excluding hydrogens is 128 g/mol. The standard InChI is InChI=1S/4C2H6.2H2O/c4*1-2;;/h4*1-2H3;2*1H2. The fraction of sp³-hybridized carbons (Fsp3) is 1.00. The molecule has 0 aliphatic heterocycles. The minimum absolute atomic E-state index is 0. The van der Waals surface area contributed by atoms with Crippen molar-refractivity contribution in [3.8, 4) is 0 Å². The van der Waals surface area contributed by atoms with Crippen LogP contribution in [0.2, 0.25) is 0 Å². The second-order valence-corrected chi connectivity index (χ2v) is 0. The van der Waals surface area contributed by atoms with E-state index in [-0.39, 0.29) is 11.0 Å². The van der Waals surface area contributed by atoms with Gasteiger partial charge in [-0.2, -0.15) is 0 Å². The van der Waals surface area contributed by atoms with Gasteiger partial charge in [-0.05, 0) is 0 Å². The maximum Gasteiger partial charge on any atom is -0.0683 e. The number of hydrogen-bond acceptors (Lipinski definition) is 0. The summed E-state index contributed by atoms with van der Waals surface area (Å²) >= 11 is 0. The lowest BCUT2D eigenvalue weighted by molar-refractivity contribution is 0.823. The van der Waals surface area contributed by atoms with Crippen LogP contribution in [0, 0.1) is 0 Å². The molecule has 0 aliphatic carbocycles. The van der Waals surface area contributed by atoms with Gasteiger partial charge in [-0.15, -0.1) is 0 Å². The lowest BCUT2D eigenvalue weighted by Gasteiger charge is -1.07. The minimum atomic E-state index is 0. The van der Waals surface area contributed by atoms with Gasteiger partial charge >= 0.3 is 0 Å². The second kappa shape index (κ2) is 87400. The summed E-state index contributed by atoms with van der Waals surface area (Å²) in [5, 5.41) is 0. The summed E-state index contributed by atoms with van der Waals surface area (Å²) in [4.78, 5) is 0. The summed E-state index contributed by atoms with van der Waals surface area (Å²) < 4.78 is 0. The second-order valence-electron chi connectivity index (χ2n) is 0. The molecular formula is C8H28O2. The molecule has 0 heterocycles. The third-order valence-electron chi connectivity index (χ3n) is 0. The predicted molar refractivity (Wildman–Crippen MR) is 52.6 cm³/mol. The molecule has 0 radical (unpaired) electrons. The zero-order valence-corrected chi connectivity index (χ0v) is 9.00. The maximum atomic E-state index is 2.00. The molecule has 0 unspecified atom stereocenters. The van der Waals surface area contributed by atoms with Crippen LogP contribution in [0.15, 0.2) is 0 Å². The maximum absolute atomic E-state index is 2.00. The van der Waals surface area contributed by atoms with Gasteiger partial charge in [0.2, 0.25) is 0 Å². The van der Waals surface area contributed by atoms with Crippen molar-refractivity contribution >= 4 is 0 Å². The van der Waals surface area contributed by atoms with Gasteiger partial charge in [0.15, 0.2) is 0 Å². The van der Waals surface area contributed by atoms with Crippen LogP contribution in [-0.2, 0) is 0 Å². The minimum Gasteiger partial charge on any atom is -0.412 e. The Bertz CT molecular complexity index is 7.22. The van der Waals surface area contributed by atoms with Crippen molar-refractivity contribution in [2.75, 3.05) is 0 Å². The molecule has 0 saturated carbocycles. The molecule has 0 spiro atoms. The Hall–Kier alpha value is -0.0800. The highest BCUT2D eigenvalue weighted by molar-refractivity contribution is 3.51. The Morgan fingerprint density at radius 1 is 0.300 bits per heavy atom. The van der Waals surface area contributed by atoms with E-state index in [4.69, 9.17) is 0 Å². The van der Waals surface area contributed by atoms with Crippen molar-refractivity contribution in [1.29, 1.82) is 0 Å². The monoisotopic (exact) mass is 156 g/mol. The van der Waals surface area contributed by atoms with Gasteiger partial charge in [-0.1, -0.05) is 55.4 Å². The Morgan fingerprint density at radius 2 is 0.300 bits per heavy atom. The average molecular weight is 156 g/mol. The van der Waals surface area contributed by atoms with Crippen LogP contribution in [0.25, 0.3) is 0 Å². The summed E-state index contributed by atoms with van der Waals surface area (Å²) in [5.74, 6) is 0. The van der Waals surface area contributed by atoms with Crippen LogP contribution in [0.1, 0.15) is 55.4 Å². The lowest BCUT2D eigenvalue weighted by Crippen LogP contribution is -0.856. The Kier molecular flexibility index (Phi) is 449000. The van der Waals surface area contributed by atoms with E-state index >= 15 is 0 Å². The Balaban J connectivity index is -0.00000000500. The van der Waals surface area contributed by atoms with Gasteiger partial charge in [0, 0.05) is 0 Å². The van der Waals surface area contributed by atoms with Crippen molar-refractivity contribution in [2.24, 2.45) is 0 Å². The van der Waals surface area contributed by atoms with E-state index in [1.807, 2.05) is 55.4 Å². The van der Waals surface area contributed by atoms with Crippen molar-refractivity contribution in [3.05, 3.63) is 0 Å². The van der Waals surface area contributed by atoms with Crippen LogP contribution < -0.4 is 0 Å². The Morgan fingerprint density at radius 3 is 0.300 bits per heavy atom. The highest BCUT2D eigenvalue weighted by Crippen LogP contribution is 1.15. The molecule has 0 amide bonds. The molecule has 0 aromatic heterocycles. The zero-order chi connectivity index (χ0) is 8.00. The highest BCUT2D eigenvalue weighted by atomic mass is 16.0. The van der Waals surface area contributed by atoms with Crippen LogP contribution in [0.5, 0.6) is 0 Å². The van der Waals surface area contributed by atoms with E-state index in [2.05, 4.69) is 0 Å². The molecule has 0 bridgehead atoms. The first kappa shape index (κ1) is 51.4. The van der Waals surface area contributed by atoms with Gasteiger partial charge in [0.1, 0.15) is 0 Å². The molecule has 4 N–H and O–H groups in total. The normalized spacial score (nSPS) is 2.40. The third-order valence-corrected chi connectivity index (χ3v) is 0. The van der Waals surface area contributed by atoms with Crippen molar-refractivity contribution in [2.45, 2.75) is 55.4 Å². The quantitative estimate of drug-likeness (QED) is 0.517. The van der Waals surface area contributed by atoms with E-state index in [1.54, 1.807) is 0 Å². The van der Waals surface area contributed by atoms with E-state index in [1.165, 1.54) is 0 Å². The summed E-state index contributed by atoms with van der Waals surface area (Å²) in [5.41, 5.74) is 0. The first-order chi connectivity index (χ1) is 4.00. The van der Waals surface area contributed by atoms with E-state index in [0.29, 0.717) is 0 Å². The van der Waals surface area contributed by atoms with E-state index in [0.717, 1.165) is 0 Å².